The molecule has 3 nitrogen and oxygen atoms in total. The minimum absolute atomic E-state index is 0.0581. The molecule has 0 saturated carbocycles. The molecule has 0 N–H and O–H groups in total. The monoisotopic (exact) mass is 255 g/mol. The second-order valence-electron chi connectivity index (χ2n) is 4.65. The zero-order valence-electron chi connectivity index (χ0n) is 10.3. The van der Waals surface area contributed by atoms with Crippen LogP contribution in [0.25, 0.3) is 0 Å². The molecule has 1 aromatic carbocycles. The first-order valence-corrected chi connectivity index (χ1v) is 5.90. The topological polar surface area (TPSA) is 29.5 Å². The summed E-state index contributed by atoms with van der Waals surface area (Å²) in [5.41, 5.74) is 0.365. The molecule has 5 heteroatoms. The van der Waals surface area contributed by atoms with E-state index >= 15 is 0 Å². The maximum Gasteiger partial charge on any atom is 0.410 e. The van der Waals surface area contributed by atoms with Gasteiger partial charge in [0.1, 0.15) is 17.7 Å². The van der Waals surface area contributed by atoms with Gasteiger partial charge in [-0.15, -0.1) is 0 Å². The van der Waals surface area contributed by atoms with Crippen molar-refractivity contribution in [3.05, 3.63) is 35.4 Å². The van der Waals surface area contributed by atoms with Gasteiger partial charge in [-0.2, -0.15) is 0 Å². The first-order valence-electron chi connectivity index (χ1n) is 5.90. The second kappa shape index (κ2) is 4.92. The fourth-order valence-corrected chi connectivity index (χ4v) is 2.06. The van der Waals surface area contributed by atoms with Crippen LogP contribution in [0.2, 0.25) is 0 Å². The SMILES string of the molecule is CC(C)N1CC[C@@H](c2cc(F)cc(F)c2)OC1=O. The van der Waals surface area contributed by atoms with E-state index < -0.39 is 23.8 Å². The zero-order chi connectivity index (χ0) is 13.3. The number of amides is 1. The maximum absolute atomic E-state index is 13.1. The Bertz CT molecular complexity index is 442. The van der Waals surface area contributed by atoms with E-state index in [0.29, 0.717) is 18.5 Å². The number of nitrogens with zero attached hydrogens (tertiary/aromatic N) is 1. The average molecular weight is 255 g/mol. The van der Waals surface area contributed by atoms with Crippen molar-refractivity contribution in [2.75, 3.05) is 6.54 Å². The molecule has 2 rings (SSSR count). The molecule has 1 aromatic rings. The van der Waals surface area contributed by atoms with E-state index in [1.807, 2.05) is 13.8 Å². The lowest BCUT2D eigenvalue weighted by Gasteiger charge is -2.34. The van der Waals surface area contributed by atoms with Crippen molar-refractivity contribution >= 4 is 6.09 Å². The van der Waals surface area contributed by atoms with E-state index in [-0.39, 0.29) is 6.04 Å². The molecule has 1 aliphatic rings. The highest BCUT2D eigenvalue weighted by molar-refractivity contribution is 5.69. The lowest BCUT2D eigenvalue weighted by molar-refractivity contribution is 0.0147. The predicted octanol–water partition coefficient (Wildman–Crippen LogP) is 3.26. The summed E-state index contributed by atoms with van der Waals surface area (Å²) >= 11 is 0. The Hall–Kier alpha value is -1.65. The predicted molar refractivity (Wildman–Crippen MR) is 62.0 cm³/mol. The van der Waals surface area contributed by atoms with Gasteiger partial charge in [-0.25, -0.2) is 13.6 Å². The number of ether oxygens (including phenoxy) is 1. The van der Waals surface area contributed by atoms with Crippen molar-refractivity contribution in [1.29, 1.82) is 0 Å². The Kier molecular flexibility index (Phi) is 3.50. The molecule has 1 heterocycles. The van der Waals surface area contributed by atoms with Crippen molar-refractivity contribution in [1.82, 2.24) is 4.90 Å². The lowest BCUT2D eigenvalue weighted by Crippen LogP contribution is -2.43. The molecule has 0 radical (unpaired) electrons. The van der Waals surface area contributed by atoms with Gasteiger partial charge in [-0.05, 0) is 31.5 Å². The largest absolute Gasteiger partial charge is 0.441 e. The van der Waals surface area contributed by atoms with E-state index in [0.717, 1.165) is 6.07 Å². The number of carbonyl (C=O) groups is 1. The Morgan fingerprint density at radius 1 is 1.28 bits per heavy atom. The molecule has 1 amide bonds. The van der Waals surface area contributed by atoms with Crippen molar-refractivity contribution in [2.24, 2.45) is 0 Å². The van der Waals surface area contributed by atoms with Crippen LogP contribution in [0.5, 0.6) is 0 Å². The average Bonchev–Trinajstić information content (AvgIpc) is 2.26. The Labute approximate surface area is 104 Å². The molecule has 0 spiro atoms. The van der Waals surface area contributed by atoms with E-state index in [9.17, 15) is 13.6 Å². The minimum Gasteiger partial charge on any atom is -0.441 e. The van der Waals surface area contributed by atoms with Crippen LogP contribution in [0.15, 0.2) is 18.2 Å². The van der Waals surface area contributed by atoms with Crippen LogP contribution in [0.3, 0.4) is 0 Å². The smallest absolute Gasteiger partial charge is 0.410 e. The third-order valence-corrected chi connectivity index (χ3v) is 2.99. The van der Waals surface area contributed by atoms with Gasteiger partial charge in [0, 0.05) is 25.1 Å². The number of carbonyl (C=O) groups excluding carboxylic acids is 1. The molecule has 0 unspecified atom stereocenters. The minimum atomic E-state index is -0.660. The molecule has 98 valence electrons. The zero-order valence-corrected chi connectivity index (χ0v) is 10.3. The van der Waals surface area contributed by atoms with E-state index in [1.165, 1.54) is 12.1 Å². The van der Waals surface area contributed by atoms with Crippen molar-refractivity contribution in [2.45, 2.75) is 32.4 Å². The van der Waals surface area contributed by atoms with E-state index in [1.54, 1.807) is 4.90 Å². The van der Waals surface area contributed by atoms with Gasteiger partial charge in [-0.3, -0.25) is 0 Å². The normalized spacial score (nSPS) is 20.2. The molecular formula is C13H15F2NO2. The molecule has 0 aliphatic carbocycles. The quantitative estimate of drug-likeness (QED) is 0.811. The number of cyclic esters (lactones) is 1. The van der Waals surface area contributed by atoms with Crippen LogP contribution in [0.1, 0.15) is 31.9 Å². The van der Waals surface area contributed by atoms with Crippen LogP contribution < -0.4 is 0 Å². The fourth-order valence-electron chi connectivity index (χ4n) is 2.06. The summed E-state index contributed by atoms with van der Waals surface area (Å²) in [6.45, 7) is 4.31. The van der Waals surface area contributed by atoms with Crippen LogP contribution >= 0.6 is 0 Å². The highest BCUT2D eigenvalue weighted by Crippen LogP contribution is 2.28. The van der Waals surface area contributed by atoms with Crippen LogP contribution in [-0.2, 0) is 4.74 Å². The summed E-state index contributed by atoms with van der Waals surface area (Å²) in [7, 11) is 0. The van der Waals surface area contributed by atoms with Gasteiger partial charge < -0.3 is 9.64 Å². The van der Waals surface area contributed by atoms with Gasteiger partial charge in [0.15, 0.2) is 0 Å². The number of benzene rings is 1. The summed E-state index contributed by atoms with van der Waals surface area (Å²) in [6, 6.07) is 3.26. The summed E-state index contributed by atoms with van der Waals surface area (Å²) in [4.78, 5) is 13.3. The number of halogens is 2. The van der Waals surface area contributed by atoms with E-state index in [4.69, 9.17) is 4.74 Å². The highest BCUT2D eigenvalue weighted by Gasteiger charge is 2.30. The third-order valence-electron chi connectivity index (χ3n) is 2.99. The molecule has 1 aliphatic heterocycles. The van der Waals surface area contributed by atoms with Gasteiger partial charge in [-0.1, -0.05) is 0 Å². The number of hydrogen-bond acceptors (Lipinski definition) is 2. The lowest BCUT2D eigenvalue weighted by atomic mass is 10.0. The molecule has 0 bridgehead atoms. The number of hydrogen-bond donors (Lipinski definition) is 0. The molecule has 1 fully saturated rings. The third kappa shape index (κ3) is 2.60. The molecule has 1 saturated heterocycles. The molecule has 0 aromatic heterocycles. The summed E-state index contributed by atoms with van der Waals surface area (Å²) in [5, 5.41) is 0. The standard InChI is InChI=1S/C13H15F2NO2/c1-8(2)16-4-3-12(18-13(16)17)9-5-10(14)7-11(15)6-9/h5-8,12H,3-4H2,1-2H3/t12-/m0/s1. The number of rotatable bonds is 2. The van der Waals surface area contributed by atoms with Gasteiger partial charge in [0.05, 0.1) is 0 Å². The van der Waals surface area contributed by atoms with Crippen molar-refractivity contribution < 1.29 is 18.3 Å². The summed E-state index contributed by atoms with van der Waals surface area (Å²) < 4.78 is 31.4. The van der Waals surface area contributed by atoms with Crippen molar-refractivity contribution in [3.63, 3.8) is 0 Å². The Balaban J connectivity index is 2.15. The van der Waals surface area contributed by atoms with Crippen LogP contribution in [-0.4, -0.2) is 23.6 Å². The Morgan fingerprint density at radius 3 is 2.39 bits per heavy atom. The van der Waals surface area contributed by atoms with Crippen molar-refractivity contribution in [3.8, 4) is 0 Å². The maximum atomic E-state index is 13.1. The summed E-state index contributed by atoms with van der Waals surface area (Å²) in [6.07, 6.45) is -0.476. The van der Waals surface area contributed by atoms with Crippen LogP contribution in [0, 0.1) is 11.6 Å². The molecule has 18 heavy (non-hydrogen) atoms. The van der Waals surface area contributed by atoms with Gasteiger partial charge in [0.25, 0.3) is 0 Å². The first kappa shape index (κ1) is 12.8. The van der Waals surface area contributed by atoms with Gasteiger partial charge in [0.2, 0.25) is 0 Å². The first-order chi connectivity index (χ1) is 8.47. The molecule has 1 atom stereocenters. The second-order valence-corrected chi connectivity index (χ2v) is 4.65. The molecular weight excluding hydrogens is 240 g/mol. The fraction of sp³-hybridized carbons (Fsp3) is 0.462. The Morgan fingerprint density at radius 2 is 1.89 bits per heavy atom. The van der Waals surface area contributed by atoms with Gasteiger partial charge >= 0.3 is 6.09 Å². The summed E-state index contributed by atoms with van der Waals surface area (Å²) in [5.74, 6) is -1.32. The highest BCUT2D eigenvalue weighted by atomic mass is 19.1. The van der Waals surface area contributed by atoms with E-state index in [2.05, 4.69) is 0 Å². The van der Waals surface area contributed by atoms with Crippen LogP contribution in [0.4, 0.5) is 13.6 Å².